The second-order valence-electron chi connectivity index (χ2n) is 8.40. The van der Waals surface area contributed by atoms with Crippen LogP contribution in [0.2, 0.25) is 5.02 Å². The Morgan fingerprint density at radius 1 is 1.22 bits per heavy atom. The molecule has 1 aliphatic rings. The monoisotopic (exact) mass is 461 g/mol. The van der Waals surface area contributed by atoms with Crippen LogP contribution in [0, 0.1) is 22.0 Å². The lowest BCUT2D eigenvalue weighted by atomic mass is 9.78. The number of esters is 1. The third kappa shape index (κ3) is 5.05. The van der Waals surface area contributed by atoms with E-state index < -0.39 is 17.1 Å². The predicted molar refractivity (Wildman–Crippen MR) is 121 cm³/mol. The quantitative estimate of drug-likeness (QED) is 0.341. The standard InChI is InChI=1S/C24H28ClNO6/c1-5-22-13(2)14(3)23(31-15(4)27)24(32-22)17-7-8-19(25)18(12-17)10-16-6-9-21(28)20(11-16)26(29)30/h6-9,11-14,22-24,28H,5,10H2,1-4H3/t13?,14-,22+,23+,24-/m0/s1. The minimum atomic E-state index is -0.621. The predicted octanol–water partition coefficient (Wildman–Crippen LogP) is 5.60. The van der Waals surface area contributed by atoms with E-state index in [9.17, 15) is 20.0 Å². The van der Waals surface area contributed by atoms with Crippen molar-refractivity contribution in [2.75, 3.05) is 0 Å². The summed E-state index contributed by atoms with van der Waals surface area (Å²) in [5, 5.41) is 21.4. The average molecular weight is 462 g/mol. The summed E-state index contributed by atoms with van der Waals surface area (Å²) in [6, 6.07) is 9.80. The van der Waals surface area contributed by atoms with Gasteiger partial charge in [-0.3, -0.25) is 14.9 Å². The molecule has 0 bridgehead atoms. The Balaban J connectivity index is 1.96. The fourth-order valence-corrected chi connectivity index (χ4v) is 4.54. The number of nitro benzene ring substituents is 1. The molecule has 172 valence electrons. The summed E-state index contributed by atoms with van der Waals surface area (Å²) in [5.74, 6) is -0.415. The van der Waals surface area contributed by atoms with Gasteiger partial charge in [0.1, 0.15) is 12.2 Å². The highest BCUT2D eigenvalue weighted by molar-refractivity contribution is 6.31. The van der Waals surface area contributed by atoms with Crippen molar-refractivity contribution in [1.82, 2.24) is 0 Å². The number of carbonyl (C=O) groups is 1. The molecule has 0 aromatic heterocycles. The van der Waals surface area contributed by atoms with Crippen LogP contribution in [0.15, 0.2) is 36.4 Å². The first-order valence-electron chi connectivity index (χ1n) is 10.7. The Hall–Kier alpha value is -2.64. The molecular formula is C24H28ClNO6. The molecule has 1 saturated heterocycles. The number of nitrogens with zero attached hydrogens (tertiary/aromatic N) is 1. The normalized spacial score (nSPS) is 25.3. The highest BCUT2D eigenvalue weighted by Gasteiger charge is 2.43. The molecule has 2 aromatic rings. The second kappa shape index (κ2) is 9.88. The van der Waals surface area contributed by atoms with E-state index in [2.05, 4.69) is 20.8 Å². The molecule has 1 aliphatic heterocycles. The van der Waals surface area contributed by atoms with E-state index in [-0.39, 0.29) is 35.3 Å². The highest BCUT2D eigenvalue weighted by Crippen LogP contribution is 2.42. The molecule has 8 heteroatoms. The summed E-state index contributed by atoms with van der Waals surface area (Å²) < 4.78 is 12.1. The molecule has 5 atom stereocenters. The number of aromatic hydroxyl groups is 1. The molecule has 1 fully saturated rings. The number of hydrogen-bond donors (Lipinski definition) is 1. The minimum Gasteiger partial charge on any atom is -0.502 e. The van der Waals surface area contributed by atoms with E-state index in [4.69, 9.17) is 21.1 Å². The first-order chi connectivity index (χ1) is 15.1. The molecule has 0 radical (unpaired) electrons. The number of phenols is 1. The zero-order valence-corrected chi connectivity index (χ0v) is 19.3. The molecular weight excluding hydrogens is 434 g/mol. The maximum Gasteiger partial charge on any atom is 0.310 e. The van der Waals surface area contributed by atoms with Crippen LogP contribution in [-0.2, 0) is 20.7 Å². The van der Waals surface area contributed by atoms with Crippen LogP contribution in [-0.4, -0.2) is 28.2 Å². The SMILES string of the molecule is CC[C@H]1O[C@@H](c2ccc(Cl)c(Cc3ccc(O)c([N+](=O)[O-])c3)c2)[C@H](OC(C)=O)[C@@H](C)C1C. The van der Waals surface area contributed by atoms with Crippen molar-refractivity contribution in [1.29, 1.82) is 0 Å². The Kier molecular flexibility index (Phi) is 7.41. The Morgan fingerprint density at radius 2 is 1.94 bits per heavy atom. The van der Waals surface area contributed by atoms with E-state index in [1.165, 1.54) is 19.1 Å². The van der Waals surface area contributed by atoms with Gasteiger partial charge in [-0.1, -0.05) is 50.6 Å². The summed E-state index contributed by atoms with van der Waals surface area (Å²) in [6.07, 6.45) is 0.323. The van der Waals surface area contributed by atoms with Gasteiger partial charge in [0, 0.05) is 23.9 Å². The van der Waals surface area contributed by atoms with E-state index >= 15 is 0 Å². The zero-order chi connectivity index (χ0) is 23.6. The van der Waals surface area contributed by atoms with Crippen molar-refractivity contribution in [2.45, 2.75) is 58.8 Å². The van der Waals surface area contributed by atoms with Crippen molar-refractivity contribution in [2.24, 2.45) is 11.8 Å². The van der Waals surface area contributed by atoms with Gasteiger partial charge in [0.2, 0.25) is 0 Å². The number of benzene rings is 2. The van der Waals surface area contributed by atoms with Gasteiger partial charge < -0.3 is 14.6 Å². The smallest absolute Gasteiger partial charge is 0.310 e. The number of nitro groups is 1. The molecule has 3 rings (SSSR count). The van der Waals surface area contributed by atoms with Crippen LogP contribution < -0.4 is 0 Å². The van der Waals surface area contributed by atoms with Crippen molar-refractivity contribution < 1.29 is 24.3 Å². The zero-order valence-electron chi connectivity index (χ0n) is 18.6. The van der Waals surface area contributed by atoms with Crippen LogP contribution in [0.25, 0.3) is 0 Å². The van der Waals surface area contributed by atoms with E-state index in [0.717, 1.165) is 17.5 Å². The summed E-state index contributed by atoms with van der Waals surface area (Å²) in [5.41, 5.74) is 1.88. The van der Waals surface area contributed by atoms with Crippen LogP contribution in [0.4, 0.5) is 5.69 Å². The highest BCUT2D eigenvalue weighted by atomic mass is 35.5. The molecule has 0 amide bonds. The van der Waals surface area contributed by atoms with Gasteiger partial charge in [0.25, 0.3) is 0 Å². The topological polar surface area (TPSA) is 98.9 Å². The van der Waals surface area contributed by atoms with Crippen LogP contribution in [0.3, 0.4) is 0 Å². The summed E-state index contributed by atoms with van der Waals surface area (Å²) >= 11 is 6.44. The van der Waals surface area contributed by atoms with Gasteiger partial charge in [-0.15, -0.1) is 0 Å². The maximum absolute atomic E-state index is 11.8. The van der Waals surface area contributed by atoms with Crippen LogP contribution >= 0.6 is 11.6 Å². The van der Waals surface area contributed by atoms with E-state index in [1.807, 2.05) is 12.1 Å². The molecule has 7 nitrogen and oxygen atoms in total. The van der Waals surface area contributed by atoms with Gasteiger partial charge >= 0.3 is 11.7 Å². The number of hydrogen-bond acceptors (Lipinski definition) is 6. The number of ether oxygens (including phenoxy) is 2. The first kappa shape index (κ1) is 24.0. The third-order valence-electron chi connectivity index (χ3n) is 6.29. The summed E-state index contributed by atoms with van der Waals surface area (Å²) in [4.78, 5) is 22.3. The van der Waals surface area contributed by atoms with Crippen molar-refractivity contribution in [3.63, 3.8) is 0 Å². The fourth-order valence-electron chi connectivity index (χ4n) is 4.35. The number of halogens is 1. The van der Waals surface area contributed by atoms with Gasteiger partial charge in [-0.05, 0) is 47.6 Å². The van der Waals surface area contributed by atoms with Crippen molar-refractivity contribution in [3.05, 3.63) is 68.2 Å². The molecule has 0 aliphatic carbocycles. The second-order valence-corrected chi connectivity index (χ2v) is 8.81. The molecule has 32 heavy (non-hydrogen) atoms. The molecule has 1 unspecified atom stereocenters. The van der Waals surface area contributed by atoms with Crippen molar-refractivity contribution >= 4 is 23.3 Å². The summed E-state index contributed by atoms with van der Waals surface area (Å²) in [7, 11) is 0. The number of rotatable bonds is 6. The molecule has 0 spiro atoms. The Labute approximate surface area is 192 Å². The Morgan fingerprint density at radius 3 is 2.56 bits per heavy atom. The van der Waals surface area contributed by atoms with Gasteiger partial charge in [-0.2, -0.15) is 0 Å². The number of carbonyl (C=O) groups excluding carboxylic acids is 1. The van der Waals surface area contributed by atoms with Gasteiger partial charge in [0.05, 0.1) is 11.0 Å². The lowest BCUT2D eigenvalue weighted by molar-refractivity contribution is -0.385. The lowest BCUT2D eigenvalue weighted by Gasteiger charge is -2.44. The fraction of sp³-hybridized carbons (Fsp3) is 0.458. The largest absolute Gasteiger partial charge is 0.502 e. The first-order valence-corrected chi connectivity index (χ1v) is 11.1. The molecule has 1 N–H and O–H groups in total. The minimum absolute atomic E-state index is 0.0284. The van der Waals surface area contributed by atoms with Gasteiger partial charge in [-0.25, -0.2) is 0 Å². The molecule has 0 saturated carbocycles. The number of phenolic OH excluding ortho intramolecular Hbond substituents is 1. The van der Waals surface area contributed by atoms with E-state index in [1.54, 1.807) is 12.1 Å². The Bertz CT molecular complexity index is 1010. The van der Waals surface area contributed by atoms with Crippen LogP contribution in [0.1, 0.15) is 56.9 Å². The van der Waals surface area contributed by atoms with Gasteiger partial charge in [0.15, 0.2) is 5.75 Å². The van der Waals surface area contributed by atoms with E-state index in [0.29, 0.717) is 17.0 Å². The summed E-state index contributed by atoms with van der Waals surface area (Å²) in [6.45, 7) is 7.65. The van der Waals surface area contributed by atoms with Crippen LogP contribution in [0.5, 0.6) is 5.75 Å². The maximum atomic E-state index is 11.8. The third-order valence-corrected chi connectivity index (χ3v) is 6.66. The van der Waals surface area contributed by atoms with Crippen molar-refractivity contribution in [3.8, 4) is 5.75 Å². The molecule has 1 heterocycles. The lowest BCUT2D eigenvalue weighted by Crippen LogP contribution is -2.46. The average Bonchev–Trinajstić information content (AvgIpc) is 2.74. The molecule has 2 aromatic carbocycles.